The van der Waals surface area contributed by atoms with Crippen LogP contribution in [0.25, 0.3) is 0 Å². The largest absolute Gasteiger partial charge is 0.396 e. The molecule has 5 nitrogen and oxygen atoms in total. The minimum Gasteiger partial charge on any atom is -0.396 e. The molecule has 0 spiro atoms. The summed E-state index contributed by atoms with van der Waals surface area (Å²) in [6.45, 7) is 3.66. The van der Waals surface area contributed by atoms with Crippen molar-refractivity contribution in [2.24, 2.45) is 4.99 Å². The topological polar surface area (TPSA) is 59.9 Å². The van der Waals surface area contributed by atoms with Crippen LogP contribution in [0.3, 0.4) is 0 Å². The molecular formula is C21H30N4O. The van der Waals surface area contributed by atoms with Gasteiger partial charge in [-0.25, -0.2) is 0 Å². The number of hydrogen-bond donors (Lipinski definition) is 3. The maximum atomic E-state index is 9.68. The Bertz CT molecular complexity index is 660. The van der Waals surface area contributed by atoms with Crippen molar-refractivity contribution < 1.29 is 5.11 Å². The number of likely N-dealkylation sites (N-methyl/N-ethyl adjacent to an activating group) is 1. The number of guanidine groups is 1. The molecule has 2 aromatic carbocycles. The van der Waals surface area contributed by atoms with E-state index in [0.29, 0.717) is 12.6 Å². The molecule has 0 bridgehead atoms. The molecule has 0 aliphatic carbocycles. The molecule has 2 atom stereocenters. The van der Waals surface area contributed by atoms with E-state index < -0.39 is 0 Å². The number of aliphatic hydroxyl groups excluding tert-OH is 1. The summed E-state index contributed by atoms with van der Waals surface area (Å²) in [5.41, 5.74) is 2.31. The summed E-state index contributed by atoms with van der Waals surface area (Å²) < 4.78 is 0. The number of rotatable bonds is 8. The maximum absolute atomic E-state index is 9.68. The fraction of sp³-hybridized carbons (Fsp3) is 0.381. The second-order valence-electron chi connectivity index (χ2n) is 6.42. The lowest BCUT2D eigenvalue weighted by Crippen LogP contribution is -2.46. The Kier molecular flexibility index (Phi) is 7.96. The van der Waals surface area contributed by atoms with Crippen LogP contribution in [0.15, 0.2) is 65.7 Å². The van der Waals surface area contributed by atoms with Gasteiger partial charge >= 0.3 is 0 Å². The first kappa shape index (κ1) is 19.8. The summed E-state index contributed by atoms with van der Waals surface area (Å²) in [4.78, 5) is 6.52. The van der Waals surface area contributed by atoms with Crippen molar-refractivity contribution in [2.45, 2.75) is 18.9 Å². The molecule has 26 heavy (non-hydrogen) atoms. The second-order valence-corrected chi connectivity index (χ2v) is 6.42. The number of hydrogen-bond acceptors (Lipinski definition) is 3. The fourth-order valence-electron chi connectivity index (χ4n) is 2.75. The number of aliphatic imine (C=N–C) groups is 1. The normalized spacial score (nSPS) is 13.8. The first-order chi connectivity index (χ1) is 12.7. The zero-order valence-electron chi connectivity index (χ0n) is 15.9. The van der Waals surface area contributed by atoms with Crippen molar-refractivity contribution >= 4 is 11.6 Å². The van der Waals surface area contributed by atoms with Crippen LogP contribution in [0.1, 0.15) is 18.4 Å². The molecule has 0 aliphatic rings. The highest BCUT2D eigenvalue weighted by Crippen LogP contribution is 2.14. The summed E-state index contributed by atoms with van der Waals surface area (Å²) in [6.07, 6.45) is 0. The van der Waals surface area contributed by atoms with Crippen molar-refractivity contribution in [3.8, 4) is 0 Å². The van der Waals surface area contributed by atoms with E-state index in [4.69, 9.17) is 0 Å². The first-order valence-electron chi connectivity index (χ1n) is 9.04. The number of aliphatic hydroxyl groups is 1. The summed E-state index contributed by atoms with van der Waals surface area (Å²) in [5, 5.41) is 16.4. The quantitative estimate of drug-likeness (QED) is 0.503. The van der Waals surface area contributed by atoms with Crippen LogP contribution in [0.4, 0.5) is 5.69 Å². The predicted octanol–water partition coefficient (Wildman–Crippen LogP) is 2.45. The minimum absolute atomic E-state index is 0.0409. The SMILES string of the molecule is CN=C(NCC(CO)c1ccccc1)NCC(C)N(C)c1ccccc1. The molecule has 0 saturated carbocycles. The van der Waals surface area contributed by atoms with Crippen molar-refractivity contribution in [1.82, 2.24) is 10.6 Å². The van der Waals surface area contributed by atoms with E-state index in [0.717, 1.165) is 18.1 Å². The third-order valence-electron chi connectivity index (χ3n) is 4.62. The van der Waals surface area contributed by atoms with Crippen molar-refractivity contribution in [1.29, 1.82) is 0 Å². The van der Waals surface area contributed by atoms with Gasteiger partial charge in [0.05, 0.1) is 6.61 Å². The molecule has 0 aliphatic heterocycles. The predicted molar refractivity (Wildman–Crippen MR) is 110 cm³/mol. The van der Waals surface area contributed by atoms with E-state index in [1.54, 1.807) is 7.05 Å². The number of anilines is 1. The maximum Gasteiger partial charge on any atom is 0.191 e. The standard InChI is InChI=1S/C21H30N4O/c1-17(25(3)20-12-8-5-9-13-20)14-23-21(22-2)24-15-19(16-26)18-10-6-4-7-11-18/h4-13,17,19,26H,14-16H2,1-3H3,(H2,22,23,24). The van der Waals surface area contributed by atoms with Gasteiger partial charge in [-0.3, -0.25) is 4.99 Å². The molecule has 2 unspecified atom stereocenters. The lowest BCUT2D eigenvalue weighted by atomic mass is 10.0. The zero-order chi connectivity index (χ0) is 18.8. The second kappa shape index (κ2) is 10.5. The third kappa shape index (κ3) is 5.77. The average molecular weight is 354 g/mol. The van der Waals surface area contributed by atoms with Crippen molar-refractivity contribution in [3.05, 3.63) is 66.2 Å². The fourth-order valence-corrected chi connectivity index (χ4v) is 2.75. The number of nitrogens with one attached hydrogen (secondary N) is 2. The number of benzene rings is 2. The summed E-state index contributed by atoms with van der Waals surface area (Å²) in [7, 11) is 3.85. The van der Waals surface area contributed by atoms with Crippen LogP contribution in [-0.4, -0.2) is 50.9 Å². The van der Waals surface area contributed by atoms with E-state index in [-0.39, 0.29) is 12.5 Å². The van der Waals surface area contributed by atoms with Gasteiger partial charge in [0.2, 0.25) is 0 Å². The van der Waals surface area contributed by atoms with Gasteiger partial charge in [-0.1, -0.05) is 48.5 Å². The highest BCUT2D eigenvalue weighted by Gasteiger charge is 2.13. The molecule has 0 saturated heterocycles. The molecule has 0 heterocycles. The Morgan fingerprint density at radius 3 is 2.15 bits per heavy atom. The van der Waals surface area contributed by atoms with E-state index in [9.17, 15) is 5.11 Å². The molecule has 140 valence electrons. The summed E-state index contributed by atoms with van der Waals surface area (Å²) in [6, 6.07) is 20.7. The highest BCUT2D eigenvalue weighted by molar-refractivity contribution is 5.79. The number of nitrogens with zero attached hydrogens (tertiary/aromatic N) is 2. The highest BCUT2D eigenvalue weighted by atomic mass is 16.3. The van der Waals surface area contributed by atoms with Crippen LogP contribution in [0.2, 0.25) is 0 Å². The number of para-hydroxylation sites is 1. The van der Waals surface area contributed by atoms with Crippen LogP contribution < -0.4 is 15.5 Å². The van der Waals surface area contributed by atoms with Crippen LogP contribution in [0.5, 0.6) is 0 Å². The van der Waals surface area contributed by atoms with Crippen LogP contribution in [0, 0.1) is 0 Å². The Balaban J connectivity index is 1.83. The van der Waals surface area contributed by atoms with Crippen molar-refractivity contribution in [2.75, 3.05) is 38.7 Å². The molecule has 0 radical (unpaired) electrons. The van der Waals surface area contributed by atoms with Gasteiger partial charge in [-0.05, 0) is 24.6 Å². The van der Waals surface area contributed by atoms with Gasteiger partial charge < -0.3 is 20.6 Å². The molecule has 2 rings (SSSR count). The Morgan fingerprint density at radius 2 is 1.58 bits per heavy atom. The monoisotopic (exact) mass is 354 g/mol. The summed E-state index contributed by atoms with van der Waals surface area (Å²) >= 11 is 0. The first-order valence-corrected chi connectivity index (χ1v) is 9.04. The van der Waals surface area contributed by atoms with E-state index in [1.165, 1.54) is 5.69 Å². The Labute approximate surface area is 156 Å². The molecule has 2 aromatic rings. The van der Waals surface area contributed by atoms with Gasteiger partial charge in [0.1, 0.15) is 0 Å². The summed E-state index contributed by atoms with van der Waals surface area (Å²) in [5.74, 6) is 0.784. The van der Waals surface area contributed by atoms with Gasteiger partial charge in [0.25, 0.3) is 0 Å². The Morgan fingerprint density at radius 1 is 1.00 bits per heavy atom. The Hall–Kier alpha value is -2.53. The van der Waals surface area contributed by atoms with Gasteiger partial charge in [-0.2, -0.15) is 0 Å². The minimum atomic E-state index is 0.0409. The zero-order valence-corrected chi connectivity index (χ0v) is 15.9. The van der Waals surface area contributed by atoms with E-state index in [1.807, 2.05) is 48.5 Å². The van der Waals surface area contributed by atoms with Gasteiger partial charge in [-0.15, -0.1) is 0 Å². The molecule has 5 heteroatoms. The lowest BCUT2D eigenvalue weighted by Gasteiger charge is -2.28. The smallest absolute Gasteiger partial charge is 0.191 e. The molecule has 0 amide bonds. The van der Waals surface area contributed by atoms with Crippen molar-refractivity contribution in [3.63, 3.8) is 0 Å². The third-order valence-corrected chi connectivity index (χ3v) is 4.62. The van der Waals surface area contributed by atoms with E-state index >= 15 is 0 Å². The van der Waals surface area contributed by atoms with Crippen LogP contribution in [-0.2, 0) is 0 Å². The van der Waals surface area contributed by atoms with Gasteiger partial charge in [0.15, 0.2) is 5.96 Å². The lowest BCUT2D eigenvalue weighted by molar-refractivity contribution is 0.265. The van der Waals surface area contributed by atoms with Gasteiger partial charge in [0, 0.05) is 44.8 Å². The molecule has 0 aromatic heterocycles. The molecule has 3 N–H and O–H groups in total. The van der Waals surface area contributed by atoms with Crippen LogP contribution >= 0.6 is 0 Å². The molecular weight excluding hydrogens is 324 g/mol. The average Bonchev–Trinajstić information content (AvgIpc) is 2.71. The van der Waals surface area contributed by atoms with E-state index in [2.05, 4.69) is 46.6 Å². The molecule has 0 fully saturated rings.